The maximum absolute atomic E-state index is 15.2. The van der Waals surface area contributed by atoms with Crippen molar-refractivity contribution in [2.75, 3.05) is 4.90 Å². The van der Waals surface area contributed by atoms with Gasteiger partial charge in [0.25, 0.3) is 0 Å². The van der Waals surface area contributed by atoms with Gasteiger partial charge in [0.05, 0.1) is 11.5 Å². The van der Waals surface area contributed by atoms with Gasteiger partial charge in [-0.3, -0.25) is 4.79 Å². The maximum Gasteiger partial charge on any atom is 0.173 e. The molecule has 0 saturated heterocycles. The van der Waals surface area contributed by atoms with Crippen molar-refractivity contribution in [2.45, 2.75) is 31.7 Å². The molecule has 7 rings (SSSR count). The van der Waals surface area contributed by atoms with Crippen LogP contribution in [0.15, 0.2) is 152 Å². The monoisotopic (exact) mass is 557 g/mol. The SMILES string of the molecule is Cc1ccc(C2=CC(c3ccccc3)=C[C@@]3([C@H]2C(=O)c2ccccc2)N(c2ccccc2)c2ccccc2C3(C)C)cc1. The largest absolute Gasteiger partial charge is 0.330 e. The van der Waals surface area contributed by atoms with Gasteiger partial charge in [-0.15, -0.1) is 0 Å². The summed E-state index contributed by atoms with van der Waals surface area (Å²) in [5.74, 6) is -0.370. The molecular formula is C41H35NO. The molecule has 210 valence electrons. The lowest BCUT2D eigenvalue weighted by molar-refractivity contribution is 0.0888. The summed E-state index contributed by atoms with van der Waals surface area (Å²) in [5, 5.41) is 0. The summed E-state index contributed by atoms with van der Waals surface area (Å²) >= 11 is 0. The van der Waals surface area contributed by atoms with Gasteiger partial charge in [-0.25, -0.2) is 0 Å². The van der Waals surface area contributed by atoms with E-state index in [1.165, 1.54) is 11.1 Å². The first-order valence-corrected chi connectivity index (χ1v) is 15.0. The molecule has 1 spiro atoms. The van der Waals surface area contributed by atoms with Crippen molar-refractivity contribution in [3.05, 3.63) is 179 Å². The Balaban J connectivity index is 1.61. The number of aryl methyl sites for hydroxylation is 1. The van der Waals surface area contributed by atoms with Gasteiger partial charge >= 0.3 is 0 Å². The van der Waals surface area contributed by atoms with Crippen LogP contribution in [0.2, 0.25) is 0 Å². The summed E-state index contributed by atoms with van der Waals surface area (Å²) in [6.07, 6.45) is 4.66. The quantitative estimate of drug-likeness (QED) is 0.200. The lowest BCUT2D eigenvalue weighted by Crippen LogP contribution is -2.61. The van der Waals surface area contributed by atoms with E-state index < -0.39 is 16.9 Å². The average Bonchev–Trinajstić information content (AvgIpc) is 3.24. The van der Waals surface area contributed by atoms with Gasteiger partial charge < -0.3 is 4.90 Å². The minimum absolute atomic E-state index is 0.123. The number of nitrogens with zero attached hydrogens (tertiary/aromatic N) is 1. The van der Waals surface area contributed by atoms with Gasteiger partial charge in [0.15, 0.2) is 5.78 Å². The van der Waals surface area contributed by atoms with Gasteiger partial charge in [0, 0.05) is 22.4 Å². The van der Waals surface area contributed by atoms with Crippen LogP contribution in [0.4, 0.5) is 11.4 Å². The summed E-state index contributed by atoms with van der Waals surface area (Å²) in [5.41, 5.74) is 8.52. The second kappa shape index (κ2) is 10.4. The average molecular weight is 558 g/mol. The molecule has 1 aliphatic heterocycles. The molecule has 2 aliphatic rings. The van der Waals surface area contributed by atoms with Gasteiger partial charge in [-0.1, -0.05) is 141 Å². The lowest BCUT2D eigenvalue weighted by Gasteiger charge is -2.53. The van der Waals surface area contributed by atoms with E-state index in [0.29, 0.717) is 0 Å². The zero-order valence-corrected chi connectivity index (χ0v) is 24.9. The molecule has 0 fully saturated rings. The first-order valence-electron chi connectivity index (χ1n) is 15.0. The van der Waals surface area contributed by atoms with E-state index in [1.54, 1.807) is 0 Å². The van der Waals surface area contributed by atoms with E-state index in [1.807, 2.05) is 30.3 Å². The Morgan fingerprint density at radius 1 is 0.651 bits per heavy atom. The van der Waals surface area contributed by atoms with Crippen molar-refractivity contribution < 1.29 is 4.79 Å². The highest BCUT2D eigenvalue weighted by molar-refractivity contribution is 6.10. The van der Waals surface area contributed by atoms with Crippen LogP contribution in [0.5, 0.6) is 0 Å². The molecule has 1 aliphatic carbocycles. The lowest BCUT2D eigenvalue weighted by atomic mass is 9.57. The highest BCUT2D eigenvalue weighted by Crippen LogP contribution is 2.63. The van der Waals surface area contributed by atoms with E-state index in [4.69, 9.17) is 0 Å². The molecular weight excluding hydrogens is 522 g/mol. The minimum Gasteiger partial charge on any atom is -0.330 e. The van der Waals surface area contributed by atoms with Gasteiger partial charge in [0.2, 0.25) is 0 Å². The van der Waals surface area contributed by atoms with Crippen LogP contribution < -0.4 is 4.90 Å². The molecule has 0 N–H and O–H groups in total. The zero-order valence-electron chi connectivity index (χ0n) is 24.9. The molecule has 2 atom stereocenters. The van der Waals surface area contributed by atoms with Crippen LogP contribution in [0, 0.1) is 12.8 Å². The maximum atomic E-state index is 15.2. The molecule has 2 heteroatoms. The Morgan fingerprint density at radius 3 is 1.91 bits per heavy atom. The van der Waals surface area contributed by atoms with E-state index in [-0.39, 0.29) is 5.78 Å². The number of hydrogen-bond donors (Lipinski definition) is 0. The first-order chi connectivity index (χ1) is 20.9. The van der Waals surface area contributed by atoms with Crippen LogP contribution in [0.1, 0.15) is 46.5 Å². The smallest absolute Gasteiger partial charge is 0.173 e. The summed E-state index contributed by atoms with van der Waals surface area (Å²) in [7, 11) is 0. The third-order valence-electron chi connectivity index (χ3n) is 9.45. The Bertz CT molecular complexity index is 1850. The highest BCUT2D eigenvalue weighted by atomic mass is 16.1. The molecule has 5 aromatic carbocycles. The number of anilines is 2. The zero-order chi connectivity index (χ0) is 29.6. The van der Waals surface area contributed by atoms with Crippen molar-refractivity contribution in [3.63, 3.8) is 0 Å². The number of benzene rings is 5. The molecule has 0 bridgehead atoms. The number of fused-ring (bicyclic) bond motifs is 1. The molecule has 0 saturated carbocycles. The van der Waals surface area contributed by atoms with Gasteiger partial charge in [0.1, 0.15) is 0 Å². The van der Waals surface area contributed by atoms with Crippen LogP contribution in [-0.2, 0) is 5.41 Å². The molecule has 0 aromatic heterocycles. The number of hydrogen-bond acceptors (Lipinski definition) is 2. The summed E-state index contributed by atoms with van der Waals surface area (Å²) < 4.78 is 0. The second-order valence-electron chi connectivity index (χ2n) is 12.2. The standard InChI is InChI=1S/C41H35NO/c1-29-23-25-31(26-24-29)35-27-33(30-15-7-4-8-16-30)28-41(38(35)39(43)32-17-9-5-10-18-32)40(2,3)36-21-13-14-22-37(36)42(41)34-19-11-6-12-20-34/h4-28,38H,1-3H3/t38-,41+/m1/s1. The van der Waals surface area contributed by atoms with E-state index >= 15 is 4.79 Å². The van der Waals surface area contributed by atoms with Crippen molar-refractivity contribution in [3.8, 4) is 0 Å². The van der Waals surface area contributed by atoms with Crippen molar-refractivity contribution in [2.24, 2.45) is 5.92 Å². The van der Waals surface area contributed by atoms with Gasteiger partial charge in [-0.2, -0.15) is 0 Å². The van der Waals surface area contributed by atoms with Crippen molar-refractivity contribution in [1.29, 1.82) is 0 Å². The van der Waals surface area contributed by atoms with Gasteiger partial charge in [-0.05, 0) is 65.1 Å². The predicted molar refractivity (Wildman–Crippen MR) is 179 cm³/mol. The number of Topliss-reactive ketones (excluding diaryl/α,β-unsaturated/α-hetero) is 1. The van der Waals surface area contributed by atoms with Crippen molar-refractivity contribution >= 4 is 28.3 Å². The molecule has 0 radical (unpaired) electrons. The van der Waals surface area contributed by atoms with E-state index in [2.05, 4.69) is 147 Å². The Morgan fingerprint density at radius 2 is 1.23 bits per heavy atom. The van der Waals surface area contributed by atoms with E-state index in [0.717, 1.165) is 39.2 Å². The number of para-hydroxylation sites is 2. The summed E-state index contributed by atoms with van der Waals surface area (Å²) in [6, 6.07) is 48.3. The summed E-state index contributed by atoms with van der Waals surface area (Å²) in [4.78, 5) is 17.6. The third-order valence-corrected chi connectivity index (χ3v) is 9.45. The first kappa shape index (κ1) is 26.9. The molecule has 2 nitrogen and oxygen atoms in total. The summed E-state index contributed by atoms with van der Waals surface area (Å²) in [6.45, 7) is 6.74. The number of carbonyl (C=O) groups is 1. The minimum atomic E-state index is -0.759. The van der Waals surface area contributed by atoms with Crippen molar-refractivity contribution in [1.82, 2.24) is 0 Å². The highest BCUT2D eigenvalue weighted by Gasteiger charge is 2.63. The fraction of sp³-hybridized carbons (Fsp3) is 0.146. The third kappa shape index (κ3) is 4.20. The topological polar surface area (TPSA) is 20.3 Å². The van der Waals surface area contributed by atoms with Crippen LogP contribution in [0.25, 0.3) is 11.1 Å². The fourth-order valence-corrected chi connectivity index (χ4v) is 7.31. The fourth-order valence-electron chi connectivity index (χ4n) is 7.31. The van der Waals surface area contributed by atoms with Crippen LogP contribution >= 0.6 is 0 Å². The molecule has 5 aromatic rings. The number of carbonyl (C=O) groups excluding carboxylic acids is 1. The van der Waals surface area contributed by atoms with Crippen LogP contribution in [-0.4, -0.2) is 11.3 Å². The van der Waals surface area contributed by atoms with E-state index in [9.17, 15) is 0 Å². The normalized spacial score (nSPS) is 20.3. The molecule has 43 heavy (non-hydrogen) atoms. The predicted octanol–water partition coefficient (Wildman–Crippen LogP) is 9.84. The number of allylic oxidation sites excluding steroid dienone is 2. The second-order valence-corrected chi connectivity index (χ2v) is 12.2. The Kier molecular flexibility index (Phi) is 6.51. The number of rotatable bonds is 5. The molecule has 0 amide bonds. The Hall–Kier alpha value is -4.95. The molecule has 0 unspecified atom stereocenters. The Labute approximate surface area is 254 Å². The number of ketones is 1. The molecule has 1 heterocycles. The van der Waals surface area contributed by atoms with Crippen LogP contribution in [0.3, 0.4) is 0 Å².